The Bertz CT molecular complexity index is 1150. The smallest absolute Gasteiger partial charge is 0.396 e. The number of ketones is 1. The third kappa shape index (κ3) is 4.80. The first kappa shape index (κ1) is 23.8. The first-order valence-electron chi connectivity index (χ1n) is 10.5. The number of hydrogen-bond acceptors (Lipinski definition) is 6. The van der Waals surface area contributed by atoms with Crippen LogP contribution in [0.5, 0.6) is 0 Å². The molecule has 1 fully saturated rings. The van der Waals surface area contributed by atoms with Crippen LogP contribution in [0.4, 0.5) is 23.4 Å². The van der Waals surface area contributed by atoms with Crippen LogP contribution in [0.1, 0.15) is 33.6 Å². The topological polar surface area (TPSA) is 100 Å². The first-order chi connectivity index (χ1) is 16.2. The van der Waals surface area contributed by atoms with Gasteiger partial charge in [0.15, 0.2) is 5.78 Å². The Kier molecular flexibility index (Phi) is 6.67. The van der Waals surface area contributed by atoms with Crippen molar-refractivity contribution in [2.45, 2.75) is 37.5 Å². The molecule has 1 aliphatic rings. The quantitative estimate of drug-likeness (QED) is 0.357. The summed E-state index contributed by atoms with van der Waals surface area (Å²) >= 11 is 0. The first-order valence-corrected chi connectivity index (χ1v) is 10.5. The highest BCUT2D eigenvalue weighted by atomic mass is 19.4. The van der Waals surface area contributed by atoms with E-state index in [0.717, 1.165) is 29.4 Å². The summed E-state index contributed by atoms with van der Waals surface area (Å²) in [5.74, 6) is -1.52. The van der Waals surface area contributed by atoms with Crippen molar-refractivity contribution in [3.8, 4) is 0 Å². The minimum atomic E-state index is -4.69. The lowest BCUT2D eigenvalue weighted by atomic mass is 10.1. The van der Waals surface area contributed by atoms with Gasteiger partial charge in [-0.3, -0.25) is 4.79 Å². The van der Waals surface area contributed by atoms with Crippen molar-refractivity contribution in [1.29, 1.82) is 0 Å². The van der Waals surface area contributed by atoms with Crippen molar-refractivity contribution in [2.75, 3.05) is 11.9 Å². The molecule has 180 valence electrons. The van der Waals surface area contributed by atoms with E-state index < -0.39 is 48.5 Å². The molecule has 0 unspecified atom stereocenters. The number of carbonyl (C=O) groups is 1. The monoisotopic (exact) mass is 478 g/mol. The van der Waals surface area contributed by atoms with E-state index in [-0.39, 0.29) is 29.9 Å². The number of halogens is 4. The second kappa shape index (κ2) is 9.51. The third-order valence-corrected chi connectivity index (χ3v) is 5.91. The molecule has 1 aromatic carbocycles. The van der Waals surface area contributed by atoms with E-state index in [1.807, 2.05) is 0 Å². The molecule has 3 N–H and O–H groups in total. The number of aromatic nitrogens is 3. The Balaban J connectivity index is 1.64. The molecule has 0 amide bonds. The molecule has 0 saturated heterocycles. The van der Waals surface area contributed by atoms with E-state index in [1.54, 1.807) is 30.3 Å². The molecule has 34 heavy (non-hydrogen) atoms. The second-order valence-corrected chi connectivity index (χ2v) is 8.20. The van der Waals surface area contributed by atoms with Crippen molar-refractivity contribution in [3.63, 3.8) is 0 Å². The van der Waals surface area contributed by atoms with Crippen LogP contribution in [-0.4, -0.2) is 55.5 Å². The molecule has 2 aromatic heterocycles. The molecule has 1 saturated carbocycles. The summed E-state index contributed by atoms with van der Waals surface area (Å²) in [7, 11) is 0. The number of aliphatic hydroxyl groups is 2. The fraction of sp³-hybridized carbons (Fsp3) is 0.348. The molecule has 0 radical (unpaired) electrons. The van der Waals surface area contributed by atoms with Crippen molar-refractivity contribution in [2.24, 2.45) is 5.92 Å². The number of nitrogens with one attached hydrogen (secondary N) is 1. The molecule has 2 heterocycles. The molecule has 4 rings (SSSR count). The minimum Gasteiger partial charge on any atom is -0.396 e. The summed E-state index contributed by atoms with van der Waals surface area (Å²) < 4.78 is 56.5. The predicted octanol–water partition coefficient (Wildman–Crippen LogP) is 3.07. The Morgan fingerprint density at radius 2 is 1.97 bits per heavy atom. The van der Waals surface area contributed by atoms with E-state index in [4.69, 9.17) is 0 Å². The molecule has 0 aliphatic heterocycles. The molecule has 0 bridgehead atoms. The molecule has 7 nitrogen and oxygen atoms in total. The van der Waals surface area contributed by atoms with Gasteiger partial charge in [0.25, 0.3) is 0 Å². The highest BCUT2D eigenvalue weighted by Crippen LogP contribution is 2.34. The van der Waals surface area contributed by atoms with Gasteiger partial charge in [0, 0.05) is 37.0 Å². The van der Waals surface area contributed by atoms with Crippen LogP contribution in [0.15, 0.2) is 55.1 Å². The van der Waals surface area contributed by atoms with E-state index >= 15 is 0 Å². The van der Waals surface area contributed by atoms with Crippen LogP contribution in [0.3, 0.4) is 0 Å². The van der Waals surface area contributed by atoms with Crippen LogP contribution < -0.4 is 5.32 Å². The lowest BCUT2D eigenvalue weighted by molar-refractivity contribution is -0.143. The zero-order valence-corrected chi connectivity index (χ0v) is 17.8. The largest absolute Gasteiger partial charge is 0.431 e. The van der Waals surface area contributed by atoms with Gasteiger partial charge >= 0.3 is 6.18 Å². The van der Waals surface area contributed by atoms with Crippen molar-refractivity contribution in [3.05, 3.63) is 77.5 Å². The molecular weight excluding hydrogens is 456 g/mol. The van der Waals surface area contributed by atoms with Gasteiger partial charge in [-0.05, 0) is 18.1 Å². The van der Waals surface area contributed by atoms with Gasteiger partial charge in [0.1, 0.15) is 24.0 Å². The summed E-state index contributed by atoms with van der Waals surface area (Å²) in [6, 6.07) is 8.34. The van der Waals surface area contributed by atoms with Crippen molar-refractivity contribution < 1.29 is 32.6 Å². The molecule has 1 aliphatic carbocycles. The van der Waals surface area contributed by atoms with Crippen LogP contribution in [0.2, 0.25) is 0 Å². The highest BCUT2D eigenvalue weighted by molar-refractivity contribution is 6.11. The van der Waals surface area contributed by atoms with Crippen LogP contribution in [-0.2, 0) is 12.7 Å². The normalized spacial score (nSPS) is 22.6. The summed E-state index contributed by atoms with van der Waals surface area (Å²) in [5.41, 5.74) is -0.723. The predicted molar refractivity (Wildman–Crippen MR) is 114 cm³/mol. The Morgan fingerprint density at radius 1 is 1.24 bits per heavy atom. The summed E-state index contributed by atoms with van der Waals surface area (Å²) in [6.07, 6.45) is -4.34. The molecule has 4 atom stereocenters. The van der Waals surface area contributed by atoms with Gasteiger partial charge in [-0.25, -0.2) is 14.4 Å². The van der Waals surface area contributed by atoms with Gasteiger partial charge in [0.2, 0.25) is 0 Å². The molecule has 3 aromatic rings. The lowest BCUT2D eigenvalue weighted by Gasteiger charge is -2.18. The molecule has 0 spiro atoms. The molecule has 11 heteroatoms. The average molecular weight is 478 g/mol. The summed E-state index contributed by atoms with van der Waals surface area (Å²) in [5, 5.41) is 22.0. The van der Waals surface area contributed by atoms with Crippen LogP contribution >= 0.6 is 0 Å². The highest BCUT2D eigenvalue weighted by Gasteiger charge is 2.43. The zero-order valence-electron chi connectivity index (χ0n) is 17.8. The number of alkyl halides is 4. The maximum Gasteiger partial charge on any atom is 0.431 e. The zero-order chi connectivity index (χ0) is 24.5. The fourth-order valence-electron chi connectivity index (χ4n) is 4.14. The SMILES string of the molecule is O=C(c1cc(C(F)(F)F)n(Cc2ccccc2)c1)c1cncnc1N[C@@H]1C[C@H](CO)[C@@H](O)[C@@H]1F. The third-order valence-electron chi connectivity index (χ3n) is 5.91. The van der Waals surface area contributed by atoms with Crippen LogP contribution in [0.25, 0.3) is 0 Å². The molecular formula is C23H22F4N4O3. The van der Waals surface area contributed by atoms with E-state index in [2.05, 4.69) is 15.3 Å². The van der Waals surface area contributed by atoms with E-state index in [1.165, 1.54) is 0 Å². The minimum absolute atomic E-state index is 0.0668. The van der Waals surface area contributed by atoms with Gasteiger partial charge in [0.05, 0.1) is 17.7 Å². The number of rotatable bonds is 7. The number of carbonyl (C=O) groups excluding carboxylic acids is 1. The van der Waals surface area contributed by atoms with Gasteiger partial charge in [-0.2, -0.15) is 13.2 Å². The van der Waals surface area contributed by atoms with Crippen molar-refractivity contribution in [1.82, 2.24) is 14.5 Å². The summed E-state index contributed by atoms with van der Waals surface area (Å²) in [4.78, 5) is 20.9. The lowest BCUT2D eigenvalue weighted by Crippen LogP contribution is -2.32. The Morgan fingerprint density at radius 3 is 2.62 bits per heavy atom. The van der Waals surface area contributed by atoms with E-state index in [9.17, 15) is 32.6 Å². The number of anilines is 1. The maximum absolute atomic E-state index is 14.5. The summed E-state index contributed by atoms with van der Waals surface area (Å²) in [6.45, 7) is -0.504. The Labute approximate surface area is 192 Å². The maximum atomic E-state index is 14.5. The number of hydrogen-bond donors (Lipinski definition) is 3. The van der Waals surface area contributed by atoms with Gasteiger partial charge in [-0.15, -0.1) is 0 Å². The van der Waals surface area contributed by atoms with Gasteiger partial charge < -0.3 is 20.1 Å². The number of benzene rings is 1. The second-order valence-electron chi connectivity index (χ2n) is 8.20. The fourth-order valence-corrected chi connectivity index (χ4v) is 4.14. The number of aliphatic hydroxyl groups excluding tert-OH is 2. The standard InChI is InChI=1S/C23H22F4N4O3/c24-19-17(6-15(11-32)21(19)34)30-22-16(8-28-12-29-22)20(33)14-7-18(23(25,26)27)31(10-14)9-13-4-2-1-3-5-13/h1-5,7-8,10,12,15,17,19,21,32,34H,6,9,11H2,(H,28,29,30)/t15-,17-,19-,21-/m1/s1. The van der Waals surface area contributed by atoms with Crippen molar-refractivity contribution >= 4 is 11.6 Å². The van der Waals surface area contributed by atoms with Crippen LogP contribution in [0, 0.1) is 5.92 Å². The number of nitrogens with zero attached hydrogens (tertiary/aromatic N) is 3. The average Bonchev–Trinajstić information content (AvgIpc) is 3.36. The van der Waals surface area contributed by atoms with Gasteiger partial charge in [-0.1, -0.05) is 30.3 Å². The van der Waals surface area contributed by atoms with E-state index in [0.29, 0.717) is 5.56 Å². The Hall–Kier alpha value is -3.31.